The SMILES string of the molecule is O=C(c1cc2n(n1)CCC2)N1CC2CCC(O)CC2C1. The number of likely N-dealkylation sites (tertiary alicyclic amines) is 1. The predicted octanol–water partition coefficient (Wildman–Crippen LogP) is 1.06. The molecule has 3 heterocycles. The van der Waals surface area contributed by atoms with Gasteiger partial charge in [0.05, 0.1) is 6.10 Å². The van der Waals surface area contributed by atoms with Crippen LogP contribution in [0.25, 0.3) is 0 Å². The van der Waals surface area contributed by atoms with Gasteiger partial charge >= 0.3 is 0 Å². The number of aromatic nitrogens is 2. The largest absolute Gasteiger partial charge is 0.393 e. The molecule has 108 valence electrons. The van der Waals surface area contributed by atoms with Crippen molar-refractivity contribution in [2.24, 2.45) is 11.8 Å². The fraction of sp³-hybridized carbons (Fsp3) is 0.733. The van der Waals surface area contributed by atoms with E-state index < -0.39 is 0 Å². The van der Waals surface area contributed by atoms with Crippen LogP contribution in [0.15, 0.2) is 6.07 Å². The molecule has 1 N–H and O–H groups in total. The Labute approximate surface area is 118 Å². The molecule has 3 aliphatic rings. The molecule has 3 atom stereocenters. The average Bonchev–Trinajstić information content (AvgIpc) is 3.10. The predicted molar refractivity (Wildman–Crippen MR) is 73.3 cm³/mol. The normalized spacial score (nSPS) is 32.2. The molecule has 0 spiro atoms. The van der Waals surface area contributed by atoms with Gasteiger partial charge in [0.2, 0.25) is 0 Å². The number of nitrogens with zero attached hydrogens (tertiary/aromatic N) is 3. The Morgan fingerprint density at radius 2 is 2.15 bits per heavy atom. The molecular weight excluding hydrogens is 254 g/mol. The van der Waals surface area contributed by atoms with Gasteiger partial charge in [-0.1, -0.05) is 0 Å². The van der Waals surface area contributed by atoms with E-state index in [1.54, 1.807) is 0 Å². The first-order valence-electron chi connectivity index (χ1n) is 7.75. The molecule has 0 bridgehead atoms. The zero-order valence-corrected chi connectivity index (χ0v) is 11.7. The molecule has 1 saturated heterocycles. The second-order valence-corrected chi connectivity index (χ2v) is 6.54. The van der Waals surface area contributed by atoms with Gasteiger partial charge in [0, 0.05) is 25.3 Å². The van der Waals surface area contributed by atoms with Gasteiger partial charge in [0.1, 0.15) is 0 Å². The van der Waals surface area contributed by atoms with E-state index >= 15 is 0 Å². The van der Waals surface area contributed by atoms with E-state index in [1.165, 1.54) is 5.69 Å². The summed E-state index contributed by atoms with van der Waals surface area (Å²) in [6.07, 6.45) is 4.81. The van der Waals surface area contributed by atoms with Crippen LogP contribution >= 0.6 is 0 Å². The smallest absolute Gasteiger partial charge is 0.274 e. The van der Waals surface area contributed by atoms with E-state index in [0.29, 0.717) is 17.5 Å². The lowest BCUT2D eigenvalue weighted by molar-refractivity contribution is 0.0769. The molecule has 0 aromatic carbocycles. The van der Waals surface area contributed by atoms with Crippen LogP contribution in [0.5, 0.6) is 0 Å². The summed E-state index contributed by atoms with van der Waals surface area (Å²) in [5.41, 5.74) is 1.80. The third kappa shape index (κ3) is 1.95. The fourth-order valence-corrected chi connectivity index (χ4v) is 4.10. The Hall–Kier alpha value is -1.36. The van der Waals surface area contributed by atoms with E-state index in [1.807, 2.05) is 15.6 Å². The number of amides is 1. The van der Waals surface area contributed by atoms with Crippen LogP contribution in [0.1, 0.15) is 41.9 Å². The number of carbonyl (C=O) groups is 1. The van der Waals surface area contributed by atoms with Crippen molar-refractivity contribution in [3.8, 4) is 0 Å². The summed E-state index contributed by atoms with van der Waals surface area (Å²) >= 11 is 0. The number of aliphatic hydroxyl groups excluding tert-OH is 1. The zero-order chi connectivity index (χ0) is 13.7. The topological polar surface area (TPSA) is 58.4 Å². The quantitative estimate of drug-likeness (QED) is 0.834. The molecule has 1 amide bonds. The summed E-state index contributed by atoms with van der Waals surface area (Å²) in [5.74, 6) is 1.14. The number of rotatable bonds is 1. The van der Waals surface area contributed by atoms with Gasteiger partial charge in [0.25, 0.3) is 5.91 Å². The van der Waals surface area contributed by atoms with Gasteiger partial charge in [-0.25, -0.2) is 0 Å². The number of aryl methyl sites for hydroxylation is 2. The molecule has 0 radical (unpaired) electrons. The molecule has 3 unspecified atom stereocenters. The maximum atomic E-state index is 12.6. The van der Waals surface area contributed by atoms with Gasteiger partial charge < -0.3 is 10.0 Å². The molecule has 1 aliphatic carbocycles. The second kappa shape index (κ2) is 4.58. The summed E-state index contributed by atoms with van der Waals surface area (Å²) < 4.78 is 1.97. The Morgan fingerprint density at radius 3 is 3.00 bits per heavy atom. The number of carbonyl (C=O) groups excluding carboxylic acids is 1. The highest BCUT2D eigenvalue weighted by Crippen LogP contribution is 2.36. The average molecular weight is 275 g/mol. The summed E-state index contributed by atoms with van der Waals surface area (Å²) in [4.78, 5) is 14.5. The van der Waals surface area contributed by atoms with Crippen molar-refractivity contribution in [1.82, 2.24) is 14.7 Å². The molecule has 1 aromatic heterocycles. The Bertz CT molecular complexity index is 518. The van der Waals surface area contributed by atoms with E-state index in [9.17, 15) is 9.90 Å². The van der Waals surface area contributed by atoms with Crippen molar-refractivity contribution in [2.45, 2.75) is 44.8 Å². The van der Waals surface area contributed by atoms with Crippen LogP contribution in [-0.2, 0) is 13.0 Å². The molecular formula is C15H21N3O2. The third-order valence-corrected chi connectivity index (χ3v) is 5.19. The standard InChI is InChI=1S/C15H21N3O2/c19-13-4-3-10-8-17(9-11(10)6-13)15(20)14-7-12-2-1-5-18(12)16-14/h7,10-11,13,19H,1-6,8-9H2. The summed E-state index contributed by atoms with van der Waals surface area (Å²) in [5, 5.41) is 14.2. The third-order valence-electron chi connectivity index (χ3n) is 5.19. The van der Waals surface area contributed by atoms with E-state index in [0.717, 1.165) is 51.7 Å². The van der Waals surface area contributed by atoms with Gasteiger partial charge in [-0.2, -0.15) is 5.10 Å². The van der Waals surface area contributed by atoms with Crippen molar-refractivity contribution < 1.29 is 9.90 Å². The number of hydrogen-bond acceptors (Lipinski definition) is 3. The molecule has 5 nitrogen and oxygen atoms in total. The van der Waals surface area contributed by atoms with Crippen LogP contribution in [-0.4, -0.2) is 44.9 Å². The minimum atomic E-state index is -0.164. The zero-order valence-electron chi connectivity index (χ0n) is 11.7. The summed E-state index contributed by atoms with van der Waals surface area (Å²) in [6, 6.07) is 1.96. The van der Waals surface area contributed by atoms with E-state index in [-0.39, 0.29) is 12.0 Å². The van der Waals surface area contributed by atoms with Crippen molar-refractivity contribution in [2.75, 3.05) is 13.1 Å². The first-order chi connectivity index (χ1) is 9.70. The van der Waals surface area contributed by atoms with Crippen molar-refractivity contribution in [3.05, 3.63) is 17.5 Å². The molecule has 1 saturated carbocycles. The fourth-order valence-electron chi connectivity index (χ4n) is 4.10. The van der Waals surface area contributed by atoms with Crippen molar-refractivity contribution in [3.63, 3.8) is 0 Å². The van der Waals surface area contributed by atoms with Crippen LogP contribution in [0.4, 0.5) is 0 Å². The Kier molecular flexibility index (Phi) is 2.84. The highest BCUT2D eigenvalue weighted by Gasteiger charge is 2.39. The van der Waals surface area contributed by atoms with Gasteiger partial charge in [-0.3, -0.25) is 9.48 Å². The number of hydrogen-bond donors (Lipinski definition) is 1. The van der Waals surface area contributed by atoms with Gasteiger partial charge in [-0.15, -0.1) is 0 Å². The molecule has 2 aliphatic heterocycles. The summed E-state index contributed by atoms with van der Waals surface area (Å²) in [7, 11) is 0. The molecule has 2 fully saturated rings. The van der Waals surface area contributed by atoms with E-state index in [2.05, 4.69) is 5.10 Å². The molecule has 1 aromatic rings. The number of aliphatic hydroxyl groups is 1. The lowest BCUT2D eigenvalue weighted by Gasteiger charge is -2.27. The maximum absolute atomic E-state index is 12.6. The first-order valence-corrected chi connectivity index (χ1v) is 7.75. The van der Waals surface area contributed by atoms with Crippen LogP contribution in [0.3, 0.4) is 0 Å². The monoisotopic (exact) mass is 275 g/mol. The molecule has 4 rings (SSSR count). The van der Waals surface area contributed by atoms with Gasteiger partial charge in [0.15, 0.2) is 5.69 Å². The molecule has 20 heavy (non-hydrogen) atoms. The van der Waals surface area contributed by atoms with Crippen LogP contribution < -0.4 is 0 Å². The Balaban J connectivity index is 1.49. The minimum absolute atomic E-state index is 0.0794. The lowest BCUT2D eigenvalue weighted by atomic mass is 9.80. The van der Waals surface area contributed by atoms with Crippen molar-refractivity contribution >= 4 is 5.91 Å². The maximum Gasteiger partial charge on any atom is 0.274 e. The Morgan fingerprint density at radius 1 is 1.30 bits per heavy atom. The lowest BCUT2D eigenvalue weighted by Crippen LogP contribution is -2.29. The highest BCUT2D eigenvalue weighted by atomic mass is 16.3. The first kappa shape index (κ1) is 12.4. The van der Waals surface area contributed by atoms with E-state index in [4.69, 9.17) is 0 Å². The van der Waals surface area contributed by atoms with Crippen LogP contribution in [0.2, 0.25) is 0 Å². The summed E-state index contributed by atoms with van der Waals surface area (Å²) in [6.45, 7) is 2.58. The minimum Gasteiger partial charge on any atom is -0.393 e. The molecule has 5 heteroatoms. The highest BCUT2D eigenvalue weighted by molar-refractivity contribution is 5.92. The van der Waals surface area contributed by atoms with Crippen molar-refractivity contribution in [1.29, 1.82) is 0 Å². The number of fused-ring (bicyclic) bond motifs is 2. The van der Waals surface area contributed by atoms with Crippen LogP contribution in [0, 0.1) is 11.8 Å². The second-order valence-electron chi connectivity index (χ2n) is 6.54. The van der Waals surface area contributed by atoms with Gasteiger partial charge in [-0.05, 0) is 50.0 Å².